The Hall–Kier alpha value is -2.54. The van der Waals surface area contributed by atoms with Gasteiger partial charge in [0.05, 0.1) is 17.1 Å². The number of carbonyl (C=O) groups is 3. The van der Waals surface area contributed by atoms with E-state index in [1.807, 2.05) is 19.2 Å². The molecule has 0 saturated carbocycles. The molecule has 3 amide bonds. The van der Waals surface area contributed by atoms with Crippen molar-refractivity contribution in [1.29, 1.82) is 0 Å². The Bertz CT molecular complexity index is 797. The third kappa shape index (κ3) is 3.07. The van der Waals surface area contributed by atoms with Gasteiger partial charge in [-0.2, -0.15) is 0 Å². The van der Waals surface area contributed by atoms with E-state index in [-0.39, 0.29) is 36.5 Å². The highest BCUT2D eigenvalue weighted by molar-refractivity contribution is 7.11. The van der Waals surface area contributed by atoms with E-state index in [9.17, 15) is 14.4 Å². The fraction of sp³-hybridized carbons (Fsp3) is 0.294. The number of hydrogen-bond donors (Lipinski definition) is 1. The number of anilines is 2. The van der Waals surface area contributed by atoms with Crippen molar-refractivity contribution in [3.8, 4) is 0 Å². The maximum atomic E-state index is 12.4. The Morgan fingerprint density at radius 3 is 2.50 bits per heavy atom. The first-order chi connectivity index (χ1) is 11.5. The number of hydrogen-bond acceptors (Lipinski definition) is 5. The zero-order valence-corrected chi connectivity index (χ0v) is 14.2. The molecule has 1 aromatic heterocycles. The van der Waals surface area contributed by atoms with E-state index in [0.29, 0.717) is 16.4 Å². The van der Waals surface area contributed by atoms with Gasteiger partial charge in [-0.05, 0) is 18.1 Å². The van der Waals surface area contributed by atoms with Crippen LogP contribution in [0.15, 0.2) is 29.6 Å². The number of rotatable bonds is 4. The Balaban J connectivity index is 1.86. The van der Waals surface area contributed by atoms with E-state index in [1.54, 1.807) is 24.3 Å². The monoisotopic (exact) mass is 343 g/mol. The summed E-state index contributed by atoms with van der Waals surface area (Å²) in [6.07, 6.45) is 0.399. The normalized spacial score (nSPS) is 14.5. The van der Waals surface area contributed by atoms with E-state index < -0.39 is 0 Å². The topological polar surface area (TPSA) is 79.4 Å². The standard InChI is InChI=1S/C17H17N3O3S/c1-10(2)12-9-24-17(19-12)16(23)18-11-5-3-4-6-13(11)20-14(21)7-8-15(20)22/h3-6,9-10H,7-8H2,1-2H3,(H,18,23). The highest BCUT2D eigenvalue weighted by Crippen LogP contribution is 2.30. The number of aromatic nitrogens is 1. The van der Waals surface area contributed by atoms with Crippen LogP contribution in [0.2, 0.25) is 0 Å². The van der Waals surface area contributed by atoms with Crippen LogP contribution in [0.5, 0.6) is 0 Å². The average molecular weight is 343 g/mol. The van der Waals surface area contributed by atoms with Gasteiger partial charge in [-0.3, -0.25) is 14.4 Å². The van der Waals surface area contributed by atoms with Crippen LogP contribution in [0.25, 0.3) is 0 Å². The molecule has 1 saturated heterocycles. The summed E-state index contributed by atoms with van der Waals surface area (Å²) in [6, 6.07) is 6.79. The maximum absolute atomic E-state index is 12.4. The fourth-order valence-corrected chi connectivity index (χ4v) is 3.32. The average Bonchev–Trinajstić information content (AvgIpc) is 3.16. The van der Waals surface area contributed by atoms with Crippen molar-refractivity contribution in [2.45, 2.75) is 32.6 Å². The minimum absolute atomic E-state index is 0.200. The molecule has 0 radical (unpaired) electrons. The highest BCUT2D eigenvalue weighted by Gasteiger charge is 2.32. The van der Waals surface area contributed by atoms with E-state index in [4.69, 9.17) is 0 Å². The molecule has 0 spiro atoms. The summed E-state index contributed by atoms with van der Waals surface area (Å²) >= 11 is 1.27. The quantitative estimate of drug-likeness (QED) is 0.865. The van der Waals surface area contributed by atoms with Crippen molar-refractivity contribution in [1.82, 2.24) is 4.98 Å². The van der Waals surface area contributed by atoms with E-state index in [2.05, 4.69) is 10.3 Å². The molecule has 0 bridgehead atoms. The van der Waals surface area contributed by atoms with Gasteiger partial charge in [0, 0.05) is 18.2 Å². The Morgan fingerprint density at radius 2 is 1.88 bits per heavy atom. The zero-order chi connectivity index (χ0) is 17.3. The molecule has 24 heavy (non-hydrogen) atoms. The Labute approximate surface area is 143 Å². The largest absolute Gasteiger partial charge is 0.318 e. The van der Waals surface area contributed by atoms with Crippen LogP contribution < -0.4 is 10.2 Å². The molecule has 1 aliphatic heterocycles. The maximum Gasteiger partial charge on any atom is 0.284 e. The summed E-state index contributed by atoms with van der Waals surface area (Å²) in [5.74, 6) is -0.607. The minimum atomic E-state index is -0.349. The minimum Gasteiger partial charge on any atom is -0.318 e. The first-order valence-corrected chi connectivity index (χ1v) is 8.57. The molecule has 2 heterocycles. The number of carbonyl (C=O) groups excluding carboxylic acids is 3. The molecule has 0 atom stereocenters. The Morgan fingerprint density at radius 1 is 1.21 bits per heavy atom. The van der Waals surface area contributed by atoms with E-state index >= 15 is 0 Å². The van der Waals surface area contributed by atoms with Gasteiger partial charge in [-0.15, -0.1) is 11.3 Å². The molecular weight excluding hydrogens is 326 g/mol. The second-order valence-corrected chi connectivity index (χ2v) is 6.68. The third-order valence-electron chi connectivity index (χ3n) is 3.75. The molecule has 1 N–H and O–H groups in total. The molecule has 3 rings (SSSR count). The van der Waals surface area contributed by atoms with Gasteiger partial charge in [-0.1, -0.05) is 26.0 Å². The molecule has 124 valence electrons. The van der Waals surface area contributed by atoms with Crippen molar-refractivity contribution >= 4 is 40.4 Å². The van der Waals surface area contributed by atoms with Crippen LogP contribution in [0.4, 0.5) is 11.4 Å². The second kappa shape index (κ2) is 6.52. The number of imide groups is 1. The first kappa shape index (κ1) is 16.3. The number of thiazole rings is 1. The molecule has 7 heteroatoms. The van der Waals surface area contributed by atoms with E-state index in [0.717, 1.165) is 10.6 Å². The van der Waals surface area contributed by atoms with Crippen LogP contribution in [0.1, 0.15) is 48.1 Å². The van der Waals surface area contributed by atoms with Crippen LogP contribution in [0.3, 0.4) is 0 Å². The molecule has 6 nitrogen and oxygen atoms in total. The van der Waals surface area contributed by atoms with Crippen molar-refractivity contribution in [3.05, 3.63) is 40.3 Å². The third-order valence-corrected chi connectivity index (χ3v) is 4.61. The van der Waals surface area contributed by atoms with Gasteiger partial charge < -0.3 is 5.32 Å². The summed E-state index contributed by atoms with van der Waals surface area (Å²) in [4.78, 5) is 41.8. The summed E-state index contributed by atoms with van der Waals surface area (Å²) in [5.41, 5.74) is 1.69. The number of nitrogens with zero attached hydrogens (tertiary/aromatic N) is 2. The second-order valence-electron chi connectivity index (χ2n) is 5.83. The predicted octanol–water partition coefficient (Wildman–Crippen LogP) is 3.17. The summed E-state index contributed by atoms with van der Waals surface area (Å²) < 4.78 is 0. The van der Waals surface area contributed by atoms with Crippen molar-refractivity contribution in [2.75, 3.05) is 10.2 Å². The van der Waals surface area contributed by atoms with Gasteiger partial charge in [-0.25, -0.2) is 9.88 Å². The molecule has 1 fully saturated rings. The lowest BCUT2D eigenvalue weighted by Gasteiger charge is -2.18. The first-order valence-electron chi connectivity index (χ1n) is 7.69. The van der Waals surface area contributed by atoms with Crippen LogP contribution in [-0.4, -0.2) is 22.7 Å². The molecule has 1 aromatic carbocycles. The molecule has 0 unspecified atom stereocenters. The summed E-state index contributed by atoms with van der Waals surface area (Å²) in [5, 5.41) is 4.97. The SMILES string of the molecule is CC(C)c1csc(C(=O)Nc2ccccc2N2C(=O)CCC2=O)n1. The van der Waals surface area contributed by atoms with E-state index in [1.165, 1.54) is 11.3 Å². The Kier molecular flexibility index (Phi) is 4.44. The lowest BCUT2D eigenvalue weighted by molar-refractivity contribution is -0.121. The number of para-hydroxylation sites is 2. The summed E-state index contributed by atoms with van der Waals surface area (Å²) in [7, 11) is 0. The molecule has 2 aromatic rings. The zero-order valence-electron chi connectivity index (χ0n) is 13.4. The van der Waals surface area contributed by atoms with Crippen molar-refractivity contribution in [2.24, 2.45) is 0 Å². The van der Waals surface area contributed by atoms with Crippen LogP contribution in [0, 0.1) is 0 Å². The van der Waals surface area contributed by atoms with Crippen LogP contribution >= 0.6 is 11.3 Å². The molecule has 1 aliphatic rings. The number of nitrogens with one attached hydrogen (secondary N) is 1. The van der Waals surface area contributed by atoms with Gasteiger partial charge in [0.1, 0.15) is 0 Å². The van der Waals surface area contributed by atoms with Gasteiger partial charge in [0.25, 0.3) is 5.91 Å². The number of benzene rings is 1. The van der Waals surface area contributed by atoms with Crippen LogP contribution in [-0.2, 0) is 9.59 Å². The molecular formula is C17H17N3O3S. The lowest BCUT2D eigenvalue weighted by Crippen LogP contribution is -2.29. The van der Waals surface area contributed by atoms with Gasteiger partial charge in [0.2, 0.25) is 11.8 Å². The fourth-order valence-electron chi connectivity index (χ4n) is 2.45. The van der Waals surface area contributed by atoms with Gasteiger partial charge in [0.15, 0.2) is 5.01 Å². The summed E-state index contributed by atoms with van der Waals surface area (Å²) in [6.45, 7) is 4.02. The smallest absolute Gasteiger partial charge is 0.284 e. The molecule has 0 aliphatic carbocycles. The van der Waals surface area contributed by atoms with Gasteiger partial charge >= 0.3 is 0 Å². The predicted molar refractivity (Wildman–Crippen MR) is 92.3 cm³/mol. The van der Waals surface area contributed by atoms with Crippen molar-refractivity contribution in [3.63, 3.8) is 0 Å². The highest BCUT2D eigenvalue weighted by atomic mass is 32.1. The number of amides is 3. The lowest BCUT2D eigenvalue weighted by atomic mass is 10.2. The van der Waals surface area contributed by atoms with Crippen molar-refractivity contribution < 1.29 is 14.4 Å².